The van der Waals surface area contributed by atoms with Gasteiger partial charge in [0.1, 0.15) is 23.4 Å². The number of hydrogen-bond acceptors (Lipinski definition) is 5. The first-order chi connectivity index (χ1) is 19.5. The van der Waals surface area contributed by atoms with Crippen LogP contribution in [0.2, 0.25) is 5.15 Å². The van der Waals surface area contributed by atoms with Crippen LogP contribution >= 0.6 is 11.6 Å². The molecule has 40 heavy (non-hydrogen) atoms. The lowest BCUT2D eigenvalue weighted by molar-refractivity contribution is -0.135. The molecule has 10 heteroatoms. The second kappa shape index (κ2) is 10.2. The Morgan fingerprint density at radius 2 is 1.90 bits per heavy atom. The van der Waals surface area contributed by atoms with Gasteiger partial charge in [-0.2, -0.15) is 0 Å². The van der Waals surface area contributed by atoms with Crippen molar-refractivity contribution in [2.45, 2.75) is 75.9 Å². The minimum Gasteiger partial charge on any atom is -0.481 e. The largest absolute Gasteiger partial charge is 0.481 e. The predicted octanol–water partition coefficient (Wildman–Crippen LogP) is 4.73. The van der Waals surface area contributed by atoms with Crippen molar-refractivity contribution in [2.75, 3.05) is 13.2 Å². The van der Waals surface area contributed by atoms with E-state index in [2.05, 4.69) is 14.9 Å². The highest BCUT2D eigenvalue weighted by Gasteiger charge is 2.39. The monoisotopic (exact) mass is 563 g/mol. The van der Waals surface area contributed by atoms with Gasteiger partial charge >= 0.3 is 0 Å². The van der Waals surface area contributed by atoms with Crippen molar-refractivity contribution < 1.29 is 18.7 Å². The average molecular weight is 564 g/mol. The fourth-order valence-electron chi connectivity index (χ4n) is 5.94. The second-order valence-electron chi connectivity index (χ2n) is 11.3. The maximum atomic E-state index is 15.7. The number of carbonyl (C=O) groups excluding carboxylic acids is 2. The van der Waals surface area contributed by atoms with Gasteiger partial charge in [0.15, 0.2) is 17.5 Å². The molecule has 2 fully saturated rings. The molecule has 2 aliphatic carbocycles. The average Bonchev–Trinajstić information content (AvgIpc) is 3.89. The van der Waals surface area contributed by atoms with Crippen LogP contribution in [0.4, 0.5) is 4.39 Å². The minimum atomic E-state index is -0.588. The van der Waals surface area contributed by atoms with E-state index in [1.165, 1.54) is 6.07 Å². The highest BCUT2D eigenvalue weighted by atomic mass is 35.5. The normalized spacial score (nSPS) is 20.1. The van der Waals surface area contributed by atoms with E-state index < -0.39 is 6.04 Å². The lowest BCUT2D eigenvalue weighted by Gasteiger charge is -2.37. The van der Waals surface area contributed by atoms with Gasteiger partial charge in [-0.3, -0.25) is 9.59 Å². The smallest absolute Gasteiger partial charge is 0.270 e. The molecule has 0 radical (unpaired) electrons. The molecule has 7 rings (SSSR count). The number of benzene rings is 1. The number of hydrogen-bond donors (Lipinski definition) is 1. The Morgan fingerprint density at radius 1 is 1.05 bits per heavy atom. The van der Waals surface area contributed by atoms with Crippen LogP contribution in [0.3, 0.4) is 0 Å². The van der Waals surface area contributed by atoms with Crippen molar-refractivity contribution in [3.05, 3.63) is 75.3 Å². The van der Waals surface area contributed by atoms with Crippen LogP contribution in [0.25, 0.3) is 0 Å². The Kier molecular flexibility index (Phi) is 6.49. The zero-order chi connectivity index (χ0) is 27.4. The maximum absolute atomic E-state index is 15.7. The first-order valence-electron chi connectivity index (χ1n) is 14.2. The molecule has 2 amide bonds. The predicted molar refractivity (Wildman–Crippen MR) is 146 cm³/mol. The number of ether oxygens (including phenoxy) is 1. The lowest BCUT2D eigenvalue weighted by atomic mass is 9.93. The van der Waals surface area contributed by atoms with Gasteiger partial charge in [-0.1, -0.05) is 23.7 Å². The van der Waals surface area contributed by atoms with Gasteiger partial charge in [-0.25, -0.2) is 14.4 Å². The van der Waals surface area contributed by atoms with Gasteiger partial charge in [0.25, 0.3) is 11.8 Å². The standard InChI is InChI=1S/C30H31ClFN5O3/c31-29-24(11-10-23(35-29)30(39)33-19-7-8-19)40-16-26(38)37-14-12-22-28(36-13-2-1-3-25(36)34-22)27(37)20-9-6-18(15-21(20)32)17-4-5-17/h6,9-11,15,17,19,27H,1-5,7-8,12-14,16H2,(H,33,39)/t27-/m0/s1. The van der Waals surface area contributed by atoms with E-state index in [0.29, 0.717) is 24.4 Å². The Hall–Kier alpha value is -3.46. The van der Waals surface area contributed by atoms with Crippen LogP contribution in [0, 0.1) is 5.82 Å². The molecule has 1 aromatic carbocycles. The highest BCUT2D eigenvalue weighted by Crippen LogP contribution is 2.43. The quantitative estimate of drug-likeness (QED) is 0.420. The number of pyridine rings is 1. The maximum Gasteiger partial charge on any atom is 0.270 e. The Labute approximate surface area is 236 Å². The van der Waals surface area contributed by atoms with Gasteiger partial charge in [0.2, 0.25) is 0 Å². The Balaban J connectivity index is 1.15. The highest BCUT2D eigenvalue weighted by molar-refractivity contribution is 6.31. The van der Waals surface area contributed by atoms with Gasteiger partial charge in [-0.05, 0) is 68.2 Å². The summed E-state index contributed by atoms with van der Waals surface area (Å²) >= 11 is 6.32. The number of imidazole rings is 1. The third-order valence-corrected chi connectivity index (χ3v) is 8.62. The summed E-state index contributed by atoms with van der Waals surface area (Å²) < 4.78 is 23.7. The van der Waals surface area contributed by atoms with E-state index in [9.17, 15) is 9.59 Å². The molecule has 2 aliphatic heterocycles. The van der Waals surface area contributed by atoms with E-state index in [1.54, 1.807) is 17.0 Å². The molecule has 1 N–H and O–H groups in total. The molecule has 0 unspecified atom stereocenters. The Bertz CT molecular complexity index is 1500. The van der Waals surface area contributed by atoms with E-state index >= 15 is 4.39 Å². The molecule has 0 saturated heterocycles. The number of amides is 2. The summed E-state index contributed by atoms with van der Waals surface area (Å²) in [6, 6.07) is 8.20. The van der Waals surface area contributed by atoms with Crippen molar-refractivity contribution >= 4 is 23.4 Å². The van der Waals surface area contributed by atoms with Crippen LogP contribution in [0.1, 0.15) is 89.3 Å². The third-order valence-electron chi connectivity index (χ3n) is 8.35. The van der Waals surface area contributed by atoms with Crippen molar-refractivity contribution in [3.8, 4) is 5.75 Å². The number of carbonyl (C=O) groups is 2. The molecular formula is C30H31ClFN5O3. The first-order valence-corrected chi connectivity index (χ1v) is 14.6. The zero-order valence-electron chi connectivity index (χ0n) is 22.2. The van der Waals surface area contributed by atoms with E-state index in [0.717, 1.165) is 74.3 Å². The molecule has 0 spiro atoms. The minimum absolute atomic E-state index is 0.0142. The summed E-state index contributed by atoms with van der Waals surface area (Å²) in [5.74, 6) is 0.820. The summed E-state index contributed by atoms with van der Waals surface area (Å²) in [6.07, 6.45) is 7.73. The molecule has 4 aliphatic rings. The van der Waals surface area contributed by atoms with Crippen LogP contribution in [-0.2, 0) is 24.2 Å². The SMILES string of the molecule is O=C(NC1CC1)c1ccc(OCC(=O)N2CCc3nc4n(c3[C@@H]2c2ccc(C3CC3)cc2F)CCCC4)c(Cl)n1. The zero-order valence-corrected chi connectivity index (χ0v) is 22.9. The number of fused-ring (bicyclic) bond motifs is 3. The first kappa shape index (κ1) is 25.5. The molecule has 2 saturated carbocycles. The summed E-state index contributed by atoms with van der Waals surface area (Å²) in [4.78, 5) is 36.8. The fourth-order valence-corrected chi connectivity index (χ4v) is 6.15. The van der Waals surface area contributed by atoms with Crippen LogP contribution in [-0.4, -0.2) is 50.4 Å². The van der Waals surface area contributed by atoms with Crippen LogP contribution in [0.15, 0.2) is 30.3 Å². The number of nitrogens with zero attached hydrogens (tertiary/aromatic N) is 4. The fraction of sp³-hybridized carbons (Fsp3) is 0.467. The topological polar surface area (TPSA) is 89.4 Å². The Morgan fingerprint density at radius 3 is 2.65 bits per heavy atom. The number of halogens is 2. The number of nitrogens with one attached hydrogen (secondary N) is 1. The van der Waals surface area contributed by atoms with Gasteiger partial charge < -0.3 is 19.5 Å². The van der Waals surface area contributed by atoms with Crippen LogP contribution in [0.5, 0.6) is 5.75 Å². The summed E-state index contributed by atoms with van der Waals surface area (Å²) in [7, 11) is 0. The molecule has 1 atom stereocenters. The molecular weight excluding hydrogens is 533 g/mol. The molecule has 3 aromatic rings. The summed E-state index contributed by atoms with van der Waals surface area (Å²) in [6.45, 7) is 0.937. The molecule has 2 aromatic heterocycles. The third kappa shape index (κ3) is 4.85. The van der Waals surface area contributed by atoms with Gasteiger partial charge in [0, 0.05) is 37.5 Å². The number of aryl methyl sites for hydroxylation is 1. The molecule has 8 nitrogen and oxygen atoms in total. The number of rotatable bonds is 7. The van der Waals surface area contributed by atoms with Crippen LogP contribution < -0.4 is 10.1 Å². The van der Waals surface area contributed by atoms with Crippen molar-refractivity contribution in [3.63, 3.8) is 0 Å². The van der Waals surface area contributed by atoms with Gasteiger partial charge in [0.05, 0.1) is 11.4 Å². The van der Waals surface area contributed by atoms with Gasteiger partial charge in [-0.15, -0.1) is 0 Å². The lowest BCUT2D eigenvalue weighted by Crippen LogP contribution is -2.44. The summed E-state index contributed by atoms with van der Waals surface area (Å²) in [5.41, 5.74) is 3.57. The van der Waals surface area contributed by atoms with Crippen molar-refractivity contribution in [1.82, 2.24) is 24.8 Å². The molecule has 4 heterocycles. The van der Waals surface area contributed by atoms with Crippen molar-refractivity contribution in [2.24, 2.45) is 0 Å². The summed E-state index contributed by atoms with van der Waals surface area (Å²) in [5, 5.41) is 2.89. The molecule has 208 valence electrons. The van der Waals surface area contributed by atoms with Crippen molar-refractivity contribution in [1.29, 1.82) is 0 Å². The second-order valence-corrected chi connectivity index (χ2v) is 11.6. The molecule has 0 bridgehead atoms. The van der Waals surface area contributed by atoms with E-state index in [4.69, 9.17) is 21.3 Å². The number of aromatic nitrogens is 3. The van der Waals surface area contributed by atoms with E-state index in [1.807, 2.05) is 12.1 Å². The van der Waals surface area contributed by atoms with E-state index in [-0.39, 0.29) is 46.9 Å².